The summed E-state index contributed by atoms with van der Waals surface area (Å²) in [4.78, 5) is 26.6. The first kappa shape index (κ1) is 18.7. The molecule has 0 bridgehead atoms. The van der Waals surface area contributed by atoms with E-state index in [2.05, 4.69) is 5.32 Å². The van der Waals surface area contributed by atoms with Crippen LogP contribution in [-0.4, -0.2) is 49.9 Å². The van der Waals surface area contributed by atoms with Gasteiger partial charge in [0.25, 0.3) is 11.8 Å². The van der Waals surface area contributed by atoms with Gasteiger partial charge in [0.05, 0.1) is 17.8 Å². The second-order valence-corrected chi connectivity index (χ2v) is 5.89. The number of nitrogens with one attached hydrogen (secondary N) is 2. The van der Waals surface area contributed by atoms with Crippen molar-refractivity contribution >= 4 is 40.7 Å². The van der Waals surface area contributed by atoms with E-state index in [1.54, 1.807) is 30.1 Å². The molecule has 0 aliphatic rings. The number of halogens is 2. The average Bonchev–Trinajstić information content (AvgIpc) is 2.43. The van der Waals surface area contributed by atoms with Crippen molar-refractivity contribution in [3.8, 4) is 0 Å². The van der Waals surface area contributed by atoms with Crippen molar-refractivity contribution < 1.29 is 14.5 Å². The number of quaternary nitrogens is 1. The molecule has 2 N–H and O–H groups in total. The Morgan fingerprint density at radius 2 is 1.82 bits per heavy atom. The lowest BCUT2D eigenvalue weighted by Crippen LogP contribution is -3.11. The molecule has 0 aliphatic carbocycles. The predicted octanol–water partition coefficient (Wildman–Crippen LogP) is 1.31. The molecule has 1 aromatic carbocycles. The highest BCUT2D eigenvalue weighted by Gasteiger charge is 2.18. The quantitative estimate of drug-likeness (QED) is 0.782. The van der Waals surface area contributed by atoms with Crippen molar-refractivity contribution in [3.63, 3.8) is 0 Å². The van der Waals surface area contributed by atoms with Crippen molar-refractivity contribution in [2.24, 2.45) is 0 Å². The predicted molar refractivity (Wildman–Crippen MR) is 89.6 cm³/mol. The monoisotopic (exact) mass is 346 g/mol. The average molecular weight is 347 g/mol. The molecule has 0 aliphatic heterocycles. The van der Waals surface area contributed by atoms with Crippen LogP contribution in [0.5, 0.6) is 0 Å². The molecule has 122 valence electrons. The molecule has 0 spiro atoms. The zero-order valence-corrected chi connectivity index (χ0v) is 14.6. The van der Waals surface area contributed by atoms with E-state index >= 15 is 0 Å². The van der Waals surface area contributed by atoms with Crippen molar-refractivity contribution in [2.45, 2.75) is 13.8 Å². The maximum Gasteiger partial charge on any atom is 0.279 e. The van der Waals surface area contributed by atoms with Gasteiger partial charge < -0.3 is 15.1 Å². The first-order chi connectivity index (χ1) is 10.4. The summed E-state index contributed by atoms with van der Waals surface area (Å²) in [7, 11) is 1.81. The Morgan fingerprint density at radius 3 is 2.41 bits per heavy atom. The summed E-state index contributed by atoms with van der Waals surface area (Å²) in [6.07, 6.45) is 0. The van der Waals surface area contributed by atoms with Gasteiger partial charge in [0.15, 0.2) is 13.1 Å². The molecule has 0 saturated carbocycles. The van der Waals surface area contributed by atoms with E-state index in [9.17, 15) is 9.59 Å². The van der Waals surface area contributed by atoms with E-state index in [0.29, 0.717) is 28.8 Å². The highest BCUT2D eigenvalue weighted by molar-refractivity contribution is 6.35. The molecule has 0 radical (unpaired) electrons. The van der Waals surface area contributed by atoms with Gasteiger partial charge in [-0.3, -0.25) is 9.59 Å². The number of nitrogens with zero attached hydrogens (tertiary/aromatic N) is 1. The van der Waals surface area contributed by atoms with Crippen LogP contribution in [0.2, 0.25) is 10.0 Å². The van der Waals surface area contributed by atoms with Crippen LogP contribution in [0.25, 0.3) is 0 Å². The Kier molecular flexibility index (Phi) is 7.65. The Hall–Kier alpha value is -1.30. The van der Waals surface area contributed by atoms with Crippen LogP contribution in [0.15, 0.2) is 18.2 Å². The molecule has 0 heterocycles. The van der Waals surface area contributed by atoms with Gasteiger partial charge in [0, 0.05) is 18.1 Å². The van der Waals surface area contributed by atoms with E-state index < -0.39 is 0 Å². The number of carbonyl (C=O) groups excluding carboxylic acids is 2. The molecule has 1 atom stereocenters. The standard InChI is InChI=1S/C15H21Cl2N3O2/c1-4-20(5-2)15(22)10-19(3)9-14(21)18-13-8-11(16)6-7-12(13)17/h6-8H,4-5,9-10H2,1-3H3,(H,18,21)/p+1. The molecule has 0 fully saturated rings. The Morgan fingerprint density at radius 1 is 1.18 bits per heavy atom. The summed E-state index contributed by atoms with van der Waals surface area (Å²) in [5.74, 6) is -0.176. The normalized spacial score (nSPS) is 11.9. The number of carbonyl (C=O) groups is 2. The molecule has 7 heteroatoms. The van der Waals surface area contributed by atoms with Crippen LogP contribution >= 0.6 is 23.2 Å². The first-order valence-electron chi connectivity index (χ1n) is 7.21. The topological polar surface area (TPSA) is 53.9 Å². The number of anilines is 1. The lowest BCUT2D eigenvalue weighted by Gasteiger charge is -2.21. The van der Waals surface area contributed by atoms with Gasteiger partial charge in [-0.2, -0.15) is 0 Å². The second kappa shape index (κ2) is 8.98. The number of hydrogen-bond acceptors (Lipinski definition) is 2. The van der Waals surface area contributed by atoms with Crippen molar-refractivity contribution in [2.75, 3.05) is 38.5 Å². The molecular formula is C15H22Cl2N3O2+. The fraction of sp³-hybridized carbons (Fsp3) is 0.467. The van der Waals surface area contributed by atoms with Crippen molar-refractivity contribution in [3.05, 3.63) is 28.2 Å². The third-order valence-corrected chi connectivity index (χ3v) is 3.80. The van der Waals surface area contributed by atoms with E-state index in [0.717, 1.165) is 4.90 Å². The molecule has 2 amide bonds. The van der Waals surface area contributed by atoms with Gasteiger partial charge in [-0.05, 0) is 32.0 Å². The minimum Gasteiger partial charge on any atom is -0.338 e. The molecule has 5 nitrogen and oxygen atoms in total. The van der Waals surface area contributed by atoms with Crippen molar-refractivity contribution in [1.29, 1.82) is 0 Å². The van der Waals surface area contributed by atoms with Gasteiger partial charge in [0.1, 0.15) is 0 Å². The number of amides is 2. The smallest absolute Gasteiger partial charge is 0.279 e. The maximum absolute atomic E-state index is 12.0. The highest BCUT2D eigenvalue weighted by atomic mass is 35.5. The number of hydrogen-bond donors (Lipinski definition) is 2. The minimum atomic E-state index is -0.214. The second-order valence-electron chi connectivity index (χ2n) is 5.05. The molecule has 1 rings (SSSR count). The zero-order chi connectivity index (χ0) is 16.7. The van der Waals surface area contributed by atoms with Crippen LogP contribution in [0, 0.1) is 0 Å². The summed E-state index contributed by atoms with van der Waals surface area (Å²) in [5, 5.41) is 3.63. The maximum atomic E-state index is 12.0. The number of benzene rings is 1. The van der Waals surface area contributed by atoms with Gasteiger partial charge in [-0.1, -0.05) is 23.2 Å². The molecule has 22 heavy (non-hydrogen) atoms. The Labute approximate surface area is 141 Å². The highest BCUT2D eigenvalue weighted by Crippen LogP contribution is 2.25. The molecule has 0 aromatic heterocycles. The van der Waals surface area contributed by atoms with E-state index in [-0.39, 0.29) is 24.9 Å². The summed E-state index contributed by atoms with van der Waals surface area (Å²) < 4.78 is 0. The Bertz CT molecular complexity index is 534. The minimum absolute atomic E-state index is 0.0380. The number of rotatable bonds is 7. The van der Waals surface area contributed by atoms with E-state index in [4.69, 9.17) is 23.2 Å². The fourth-order valence-corrected chi connectivity index (χ4v) is 2.41. The first-order valence-corrected chi connectivity index (χ1v) is 7.96. The Balaban J connectivity index is 2.54. The lowest BCUT2D eigenvalue weighted by molar-refractivity contribution is -0.862. The summed E-state index contributed by atoms with van der Waals surface area (Å²) in [6, 6.07) is 4.87. The van der Waals surface area contributed by atoms with Crippen LogP contribution in [0.4, 0.5) is 5.69 Å². The van der Waals surface area contributed by atoms with Crippen molar-refractivity contribution in [1.82, 2.24) is 4.90 Å². The van der Waals surface area contributed by atoms with Gasteiger partial charge in [-0.15, -0.1) is 0 Å². The molecule has 1 unspecified atom stereocenters. The zero-order valence-electron chi connectivity index (χ0n) is 13.1. The van der Waals surface area contributed by atoms with E-state index in [1.165, 1.54) is 0 Å². The van der Waals surface area contributed by atoms with Crippen LogP contribution < -0.4 is 10.2 Å². The van der Waals surface area contributed by atoms with Gasteiger partial charge in [0.2, 0.25) is 0 Å². The molecule has 1 aromatic rings. The number of likely N-dealkylation sites (N-methyl/N-ethyl adjacent to an activating group) is 2. The molecular weight excluding hydrogens is 325 g/mol. The summed E-state index contributed by atoms with van der Waals surface area (Å²) in [6.45, 7) is 5.67. The van der Waals surface area contributed by atoms with Crippen LogP contribution in [-0.2, 0) is 9.59 Å². The summed E-state index contributed by atoms with van der Waals surface area (Å²) >= 11 is 11.9. The molecule has 0 saturated heterocycles. The van der Waals surface area contributed by atoms with Crippen LogP contribution in [0.3, 0.4) is 0 Å². The van der Waals surface area contributed by atoms with Gasteiger partial charge in [-0.25, -0.2) is 0 Å². The third kappa shape index (κ3) is 5.83. The fourth-order valence-electron chi connectivity index (χ4n) is 2.07. The summed E-state index contributed by atoms with van der Waals surface area (Å²) in [5.41, 5.74) is 0.474. The lowest BCUT2D eigenvalue weighted by atomic mass is 10.3. The van der Waals surface area contributed by atoms with Crippen LogP contribution in [0.1, 0.15) is 13.8 Å². The largest absolute Gasteiger partial charge is 0.338 e. The van der Waals surface area contributed by atoms with Gasteiger partial charge >= 0.3 is 0 Å². The van der Waals surface area contributed by atoms with E-state index in [1.807, 2.05) is 13.8 Å². The SMILES string of the molecule is CCN(CC)C(=O)C[NH+](C)CC(=O)Nc1cc(Cl)ccc1Cl. The third-order valence-electron chi connectivity index (χ3n) is 3.23.